The number of benzene rings is 1. The Kier molecular flexibility index (Phi) is 9.47. The average molecular weight is 293 g/mol. The SMILES string of the molecule is CCCCC(CC)COc1ccccc1C[SiH2]CCC. The molecule has 1 rings (SSSR count). The molecule has 1 nitrogen and oxygen atoms in total. The molecule has 1 atom stereocenters. The number of ether oxygens (including phenoxy) is 1. The van der Waals surface area contributed by atoms with Crippen molar-refractivity contribution in [3.05, 3.63) is 29.8 Å². The van der Waals surface area contributed by atoms with Crippen molar-refractivity contribution < 1.29 is 4.74 Å². The molecular weight excluding hydrogens is 260 g/mol. The maximum absolute atomic E-state index is 6.14. The molecule has 0 heterocycles. The van der Waals surface area contributed by atoms with Gasteiger partial charge < -0.3 is 4.74 Å². The predicted molar refractivity (Wildman–Crippen MR) is 92.6 cm³/mol. The highest BCUT2D eigenvalue weighted by Crippen LogP contribution is 2.21. The van der Waals surface area contributed by atoms with E-state index in [0.717, 1.165) is 18.3 Å². The third-order valence-corrected chi connectivity index (χ3v) is 6.14. The van der Waals surface area contributed by atoms with Gasteiger partial charge in [-0.15, -0.1) is 0 Å². The average Bonchev–Trinajstić information content (AvgIpc) is 2.49. The summed E-state index contributed by atoms with van der Waals surface area (Å²) in [6.45, 7) is 7.73. The van der Waals surface area contributed by atoms with Gasteiger partial charge in [-0.05, 0) is 30.0 Å². The molecule has 0 bridgehead atoms. The molecule has 0 fully saturated rings. The van der Waals surface area contributed by atoms with Crippen LogP contribution in [0.25, 0.3) is 0 Å². The van der Waals surface area contributed by atoms with E-state index in [-0.39, 0.29) is 9.52 Å². The van der Waals surface area contributed by atoms with E-state index >= 15 is 0 Å². The number of hydrogen-bond acceptors (Lipinski definition) is 1. The van der Waals surface area contributed by atoms with Gasteiger partial charge in [0.1, 0.15) is 5.75 Å². The highest BCUT2D eigenvalue weighted by atomic mass is 28.2. The first kappa shape index (κ1) is 17.3. The number of hydrogen-bond donors (Lipinski definition) is 0. The third-order valence-electron chi connectivity index (χ3n) is 4.04. The van der Waals surface area contributed by atoms with Gasteiger partial charge in [0.2, 0.25) is 0 Å². The molecule has 20 heavy (non-hydrogen) atoms. The Balaban J connectivity index is 2.48. The van der Waals surface area contributed by atoms with Crippen LogP contribution in [0, 0.1) is 5.92 Å². The maximum Gasteiger partial charge on any atom is 0.122 e. The van der Waals surface area contributed by atoms with Crippen molar-refractivity contribution >= 4 is 9.52 Å². The van der Waals surface area contributed by atoms with E-state index < -0.39 is 0 Å². The van der Waals surface area contributed by atoms with E-state index in [2.05, 4.69) is 45.0 Å². The second-order valence-electron chi connectivity index (χ2n) is 5.79. The lowest BCUT2D eigenvalue weighted by Gasteiger charge is -2.17. The Morgan fingerprint density at radius 2 is 1.90 bits per heavy atom. The third kappa shape index (κ3) is 6.60. The van der Waals surface area contributed by atoms with Gasteiger partial charge in [-0.3, -0.25) is 0 Å². The van der Waals surface area contributed by atoms with Crippen LogP contribution in [0.3, 0.4) is 0 Å². The number of unbranched alkanes of at least 4 members (excludes halogenated alkanes) is 1. The molecule has 0 amide bonds. The Morgan fingerprint density at radius 1 is 1.10 bits per heavy atom. The molecule has 0 N–H and O–H groups in total. The summed E-state index contributed by atoms with van der Waals surface area (Å²) in [7, 11) is 0.0567. The molecule has 1 aromatic rings. The van der Waals surface area contributed by atoms with Crippen LogP contribution in [0.15, 0.2) is 24.3 Å². The molecule has 0 spiro atoms. The van der Waals surface area contributed by atoms with Crippen LogP contribution >= 0.6 is 0 Å². The van der Waals surface area contributed by atoms with Crippen molar-refractivity contribution in [3.63, 3.8) is 0 Å². The van der Waals surface area contributed by atoms with Gasteiger partial charge in [0.15, 0.2) is 0 Å². The first-order valence-corrected chi connectivity index (χ1v) is 10.5. The fourth-order valence-electron chi connectivity index (χ4n) is 2.52. The summed E-state index contributed by atoms with van der Waals surface area (Å²) in [6, 6.07) is 11.4. The van der Waals surface area contributed by atoms with Crippen LogP contribution < -0.4 is 4.74 Å². The summed E-state index contributed by atoms with van der Waals surface area (Å²) in [5.41, 5.74) is 1.44. The van der Waals surface area contributed by atoms with Crippen molar-refractivity contribution in [2.24, 2.45) is 5.92 Å². The summed E-state index contributed by atoms with van der Waals surface area (Å²) >= 11 is 0. The van der Waals surface area contributed by atoms with Crippen LogP contribution in [0.2, 0.25) is 6.04 Å². The normalized spacial score (nSPS) is 12.9. The molecule has 0 aliphatic heterocycles. The zero-order valence-corrected chi connectivity index (χ0v) is 15.1. The van der Waals surface area contributed by atoms with Crippen LogP contribution in [0.4, 0.5) is 0 Å². The van der Waals surface area contributed by atoms with Crippen molar-refractivity contribution in [1.82, 2.24) is 0 Å². The lowest BCUT2D eigenvalue weighted by molar-refractivity contribution is 0.232. The molecule has 0 aliphatic rings. The molecule has 0 saturated carbocycles. The van der Waals surface area contributed by atoms with E-state index in [1.807, 2.05) is 0 Å². The topological polar surface area (TPSA) is 9.23 Å². The van der Waals surface area contributed by atoms with Crippen molar-refractivity contribution in [1.29, 1.82) is 0 Å². The minimum absolute atomic E-state index is 0.0567. The summed E-state index contributed by atoms with van der Waals surface area (Å²) in [5, 5.41) is 0. The molecule has 0 saturated heterocycles. The quantitative estimate of drug-likeness (QED) is 0.421. The second-order valence-corrected chi connectivity index (χ2v) is 7.71. The summed E-state index contributed by atoms with van der Waals surface area (Å²) in [6.07, 6.45) is 6.49. The Bertz CT molecular complexity index is 351. The molecular formula is C18H32OSi. The Hall–Kier alpha value is -0.763. The van der Waals surface area contributed by atoms with Crippen LogP contribution in [-0.2, 0) is 6.04 Å². The highest BCUT2D eigenvalue weighted by Gasteiger charge is 2.09. The summed E-state index contributed by atoms with van der Waals surface area (Å²) in [5.74, 6) is 1.86. The van der Waals surface area contributed by atoms with Gasteiger partial charge in [0, 0.05) is 9.52 Å². The predicted octanol–water partition coefficient (Wildman–Crippen LogP) is 4.78. The van der Waals surface area contributed by atoms with Gasteiger partial charge in [0.05, 0.1) is 6.61 Å². The molecule has 1 aromatic carbocycles. The van der Waals surface area contributed by atoms with E-state index in [4.69, 9.17) is 4.74 Å². The maximum atomic E-state index is 6.14. The molecule has 114 valence electrons. The highest BCUT2D eigenvalue weighted by molar-refractivity contribution is 6.34. The van der Waals surface area contributed by atoms with Gasteiger partial charge in [-0.1, -0.05) is 70.7 Å². The standard InChI is InChI=1S/C18H32OSi/c1-4-7-10-16(6-3)14-19-18-12-9-8-11-17(18)15-20-13-5-2/h8-9,11-12,16H,4-7,10,13-15,20H2,1-3H3. The van der Waals surface area contributed by atoms with Crippen LogP contribution in [0.1, 0.15) is 58.4 Å². The first-order valence-electron chi connectivity index (χ1n) is 8.52. The lowest BCUT2D eigenvalue weighted by atomic mass is 10.0. The van der Waals surface area contributed by atoms with E-state index in [0.29, 0.717) is 0 Å². The van der Waals surface area contributed by atoms with Gasteiger partial charge >= 0.3 is 0 Å². The van der Waals surface area contributed by atoms with Crippen LogP contribution in [0.5, 0.6) is 5.75 Å². The first-order chi connectivity index (χ1) is 9.81. The Labute approximate surface area is 127 Å². The fourth-order valence-corrected chi connectivity index (χ4v) is 4.07. The lowest BCUT2D eigenvalue weighted by Crippen LogP contribution is -2.12. The van der Waals surface area contributed by atoms with E-state index in [9.17, 15) is 0 Å². The van der Waals surface area contributed by atoms with Crippen LogP contribution in [-0.4, -0.2) is 16.1 Å². The largest absolute Gasteiger partial charge is 0.493 e. The molecule has 2 heteroatoms. The molecule has 0 aliphatic carbocycles. The molecule has 0 radical (unpaired) electrons. The minimum atomic E-state index is 0.0567. The fraction of sp³-hybridized carbons (Fsp3) is 0.667. The number of rotatable bonds is 11. The van der Waals surface area contributed by atoms with Crippen molar-refractivity contribution in [2.45, 2.75) is 65.0 Å². The zero-order valence-electron chi connectivity index (χ0n) is 13.7. The number of para-hydroxylation sites is 1. The molecule has 0 aromatic heterocycles. The van der Waals surface area contributed by atoms with E-state index in [1.54, 1.807) is 0 Å². The van der Waals surface area contributed by atoms with Gasteiger partial charge in [-0.25, -0.2) is 0 Å². The Morgan fingerprint density at radius 3 is 2.60 bits per heavy atom. The van der Waals surface area contributed by atoms with E-state index in [1.165, 1.54) is 49.8 Å². The monoisotopic (exact) mass is 292 g/mol. The summed E-state index contributed by atoms with van der Waals surface area (Å²) in [4.78, 5) is 0. The summed E-state index contributed by atoms with van der Waals surface area (Å²) < 4.78 is 6.14. The minimum Gasteiger partial charge on any atom is -0.493 e. The zero-order chi connectivity index (χ0) is 14.6. The molecule has 1 unspecified atom stereocenters. The van der Waals surface area contributed by atoms with Gasteiger partial charge in [0.25, 0.3) is 0 Å². The van der Waals surface area contributed by atoms with Crippen molar-refractivity contribution in [3.8, 4) is 5.75 Å². The van der Waals surface area contributed by atoms with Gasteiger partial charge in [-0.2, -0.15) is 0 Å². The smallest absolute Gasteiger partial charge is 0.122 e. The second kappa shape index (κ2) is 11.0. The van der Waals surface area contributed by atoms with Crippen molar-refractivity contribution in [2.75, 3.05) is 6.61 Å².